The molecule has 2 heteroatoms. The number of nitrogen functional groups attached to an aromatic ring is 1. The summed E-state index contributed by atoms with van der Waals surface area (Å²) in [6.45, 7) is 6.32. The minimum atomic E-state index is 0.818. The molecule has 0 aliphatic heterocycles. The summed E-state index contributed by atoms with van der Waals surface area (Å²) in [6.07, 6.45) is 0. The van der Waals surface area contributed by atoms with Gasteiger partial charge in [-0.15, -0.1) is 0 Å². The summed E-state index contributed by atoms with van der Waals surface area (Å²) in [5.74, 6) is 0. The van der Waals surface area contributed by atoms with Crippen LogP contribution in [-0.2, 0) is 0 Å². The number of rotatable bonds is 2. The van der Waals surface area contributed by atoms with Crippen molar-refractivity contribution < 1.29 is 0 Å². The molecule has 2 N–H and O–H groups in total. The molecule has 0 radical (unpaired) electrons. The predicted molar refractivity (Wildman–Crippen MR) is 79.6 cm³/mol. The van der Waals surface area contributed by atoms with Crippen LogP contribution in [0.25, 0.3) is 0 Å². The number of nitrogens with two attached hydrogens (primary N) is 1. The van der Waals surface area contributed by atoms with Gasteiger partial charge in [-0.3, -0.25) is 0 Å². The zero-order valence-corrected chi connectivity index (χ0v) is 11.5. The maximum Gasteiger partial charge on any atom is 0.0671 e. The molecule has 0 heterocycles. The fourth-order valence-electron chi connectivity index (χ4n) is 2.34. The normalized spacial score (nSPS) is 10.4. The van der Waals surface area contributed by atoms with Gasteiger partial charge in [0.2, 0.25) is 0 Å². The summed E-state index contributed by atoms with van der Waals surface area (Å²) in [7, 11) is 2.07. The molecule has 94 valence electrons. The van der Waals surface area contributed by atoms with Crippen molar-refractivity contribution >= 4 is 17.1 Å². The van der Waals surface area contributed by atoms with Gasteiger partial charge in [-0.05, 0) is 49.6 Å². The Morgan fingerprint density at radius 2 is 1.67 bits per heavy atom. The maximum absolute atomic E-state index is 6.11. The summed E-state index contributed by atoms with van der Waals surface area (Å²) < 4.78 is 0. The topological polar surface area (TPSA) is 29.3 Å². The minimum absolute atomic E-state index is 0.818. The fourth-order valence-corrected chi connectivity index (χ4v) is 2.34. The molecule has 2 aromatic carbocycles. The lowest BCUT2D eigenvalue weighted by Gasteiger charge is -2.25. The second-order valence-electron chi connectivity index (χ2n) is 4.86. The molecule has 18 heavy (non-hydrogen) atoms. The van der Waals surface area contributed by atoms with Gasteiger partial charge in [-0.2, -0.15) is 0 Å². The van der Waals surface area contributed by atoms with E-state index in [0.29, 0.717) is 0 Å². The van der Waals surface area contributed by atoms with Crippen LogP contribution >= 0.6 is 0 Å². The van der Waals surface area contributed by atoms with Crippen molar-refractivity contribution in [1.29, 1.82) is 0 Å². The first kappa shape index (κ1) is 12.5. The van der Waals surface area contributed by atoms with E-state index in [2.05, 4.69) is 57.0 Å². The monoisotopic (exact) mass is 240 g/mol. The van der Waals surface area contributed by atoms with Crippen LogP contribution in [-0.4, -0.2) is 7.05 Å². The van der Waals surface area contributed by atoms with Crippen LogP contribution in [0.15, 0.2) is 36.4 Å². The van der Waals surface area contributed by atoms with E-state index in [1.807, 2.05) is 12.1 Å². The van der Waals surface area contributed by atoms with Gasteiger partial charge in [0.1, 0.15) is 0 Å². The Morgan fingerprint density at radius 3 is 2.33 bits per heavy atom. The molecule has 0 bridgehead atoms. The highest BCUT2D eigenvalue weighted by Crippen LogP contribution is 2.34. The summed E-state index contributed by atoms with van der Waals surface area (Å²) >= 11 is 0. The SMILES string of the molecule is Cc1ccc(C)c(N(C)c2c(C)cccc2N)c1. The first-order valence-electron chi connectivity index (χ1n) is 6.17. The number of aryl methyl sites for hydroxylation is 3. The molecule has 0 saturated heterocycles. The molecule has 0 amide bonds. The number of hydrogen-bond acceptors (Lipinski definition) is 2. The molecule has 0 aliphatic carbocycles. The first-order valence-corrected chi connectivity index (χ1v) is 6.17. The number of benzene rings is 2. The van der Waals surface area contributed by atoms with E-state index in [-0.39, 0.29) is 0 Å². The predicted octanol–water partition coefficient (Wildman–Crippen LogP) is 3.96. The smallest absolute Gasteiger partial charge is 0.0671 e. The van der Waals surface area contributed by atoms with E-state index in [1.165, 1.54) is 22.4 Å². The Labute approximate surface area is 109 Å². The van der Waals surface area contributed by atoms with Crippen molar-refractivity contribution in [3.63, 3.8) is 0 Å². The van der Waals surface area contributed by atoms with Crippen molar-refractivity contribution in [2.24, 2.45) is 0 Å². The van der Waals surface area contributed by atoms with Crippen molar-refractivity contribution in [3.05, 3.63) is 53.1 Å². The maximum atomic E-state index is 6.11. The fraction of sp³-hybridized carbons (Fsp3) is 0.250. The van der Waals surface area contributed by atoms with Crippen LogP contribution in [0.1, 0.15) is 16.7 Å². The average molecular weight is 240 g/mol. The molecule has 0 atom stereocenters. The zero-order chi connectivity index (χ0) is 13.3. The third-order valence-corrected chi connectivity index (χ3v) is 3.33. The zero-order valence-electron chi connectivity index (χ0n) is 11.5. The van der Waals surface area contributed by atoms with E-state index in [9.17, 15) is 0 Å². The number of para-hydroxylation sites is 1. The van der Waals surface area contributed by atoms with E-state index < -0.39 is 0 Å². The summed E-state index contributed by atoms with van der Waals surface area (Å²) in [5.41, 5.74) is 12.9. The molecular formula is C16H20N2. The summed E-state index contributed by atoms with van der Waals surface area (Å²) in [6, 6.07) is 12.5. The van der Waals surface area contributed by atoms with Crippen LogP contribution in [0.3, 0.4) is 0 Å². The van der Waals surface area contributed by atoms with Gasteiger partial charge in [-0.25, -0.2) is 0 Å². The van der Waals surface area contributed by atoms with Crippen molar-refractivity contribution in [1.82, 2.24) is 0 Å². The molecule has 2 nitrogen and oxygen atoms in total. The van der Waals surface area contributed by atoms with Gasteiger partial charge >= 0.3 is 0 Å². The lowest BCUT2D eigenvalue weighted by Crippen LogP contribution is -2.14. The molecule has 0 spiro atoms. The Morgan fingerprint density at radius 1 is 0.944 bits per heavy atom. The van der Waals surface area contributed by atoms with Gasteiger partial charge in [-0.1, -0.05) is 24.3 Å². The molecule has 0 aliphatic rings. The molecule has 0 saturated carbocycles. The molecular weight excluding hydrogens is 220 g/mol. The van der Waals surface area contributed by atoms with E-state index in [1.54, 1.807) is 0 Å². The minimum Gasteiger partial charge on any atom is -0.397 e. The van der Waals surface area contributed by atoms with Crippen LogP contribution in [0.2, 0.25) is 0 Å². The van der Waals surface area contributed by atoms with Gasteiger partial charge in [0, 0.05) is 12.7 Å². The Balaban J connectivity index is 2.54. The van der Waals surface area contributed by atoms with E-state index >= 15 is 0 Å². The van der Waals surface area contributed by atoms with Crippen molar-refractivity contribution in [2.45, 2.75) is 20.8 Å². The first-order chi connectivity index (χ1) is 8.50. The van der Waals surface area contributed by atoms with Crippen LogP contribution in [0.5, 0.6) is 0 Å². The lowest BCUT2D eigenvalue weighted by atomic mass is 10.1. The van der Waals surface area contributed by atoms with Gasteiger partial charge in [0.25, 0.3) is 0 Å². The highest BCUT2D eigenvalue weighted by Gasteiger charge is 2.12. The Hall–Kier alpha value is -1.96. The van der Waals surface area contributed by atoms with Gasteiger partial charge in [0.05, 0.1) is 11.4 Å². The molecule has 0 aromatic heterocycles. The van der Waals surface area contributed by atoms with Crippen LogP contribution < -0.4 is 10.6 Å². The van der Waals surface area contributed by atoms with Crippen LogP contribution in [0, 0.1) is 20.8 Å². The van der Waals surface area contributed by atoms with Crippen LogP contribution in [0.4, 0.5) is 17.1 Å². The standard InChI is InChI=1S/C16H20N2/c1-11-8-9-12(2)15(10-11)18(4)16-13(3)6-5-7-14(16)17/h5-10H,17H2,1-4H3. The lowest BCUT2D eigenvalue weighted by molar-refractivity contribution is 1.16. The average Bonchev–Trinajstić information content (AvgIpc) is 2.32. The molecule has 2 aromatic rings. The molecule has 0 unspecified atom stereocenters. The van der Waals surface area contributed by atoms with Gasteiger partial charge in [0.15, 0.2) is 0 Å². The third kappa shape index (κ3) is 2.19. The van der Waals surface area contributed by atoms with Crippen molar-refractivity contribution in [3.8, 4) is 0 Å². The molecule has 0 fully saturated rings. The number of anilines is 3. The second kappa shape index (κ2) is 4.73. The highest BCUT2D eigenvalue weighted by molar-refractivity contribution is 5.78. The Kier molecular flexibility index (Phi) is 3.28. The summed E-state index contributed by atoms with van der Waals surface area (Å²) in [5, 5.41) is 0. The quantitative estimate of drug-likeness (QED) is 0.805. The third-order valence-electron chi connectivity index (χ3n) is 3.33. The summed E-state index contributed by atoms with van der Waals surface area (Å²) in [4.78, 5) is 2.17. The second-order valence-corrected chi connectivity index (χ2v) is 4.86. The van der Waals surface area contributed by atoms with E-state index in [4.69, 9.17) is 5.73 Å². The van der Waals surface area contributed by atoms with Crippen molar-refractivity contribution in [2.75, 3.05) is 17.7 Å². The van der Waals surface area contributed by atoms with Gasteiger partial charge < -0.3 is 10.6 Å². The number of nitrogens with zero attached hydrogens (tertiary/aromatic N) is 1. The highest BCUT2D eigenvalue weighted by atomic mass is 15.1. The number of hydrogen-bond donors (Lipinski definition) is 1. The largest absolute Gasteiger partial charge is 0.397 e. The van der Waals surface area contributed by atoms with E-state index in [0.717, 1.165) is 11.4 Å². The Bertz CT molecular complexity index is 553. The molecule has 2 rings (SSSR count).